The topological polar surface area (TPSA) is 20.3 Å². The van der Waals surface area contributed by atoms with E-state index in [0.717, 1.165) is 38.8 Å². The number of hydrogen-bond donors (Lipinski definition) is 0. The molecule has 1 amide bonds. The van der Waals surface area contributed by atoms with Gasteiger partial charge in [0.25, 0.3) is 0 Å². The molecule has 1 saturated carbocycles. The van der Waals surface area contributed by atoms with Gasteiger partial charge < -0.3 is 4.90 Å². The highest BCUT2D eigenvalue weighted by Crippen LogP contribution is 2.27. The third-order valence-electron chi connectivity index (χ3n) is 3.88. The second kappa shape index (κ2) is 5.00. The third-order valence-corrected chi connectivity index (χ3v) is 3.88. The van der Waals surface area contributed by atoms with Gasteiger partial charge in [0.1, 0.15) is 0 Å². The lowest BCUT2D eigenvalue weighted by molar-refractivity contribution is -0.137. The third kappa shape index (κ3) is 2.73. The van der Waals surface area contributed by atoms with Crippen LogP contribution in [0.15, 0.2) is 0 Å². The van der Waals surface area contributed by atoms with E-state index in [2.05, 4.69) is 11.8 Å². The summed E-state index contributed by atoms with van der Waals surface area (Å²) in [7, 11) is 0. The molecule has 0 atom stereocenters. The maximum Gasteiger partial charge on any atom is 0.225 e. The van der Waals surface area contributed by atoms with Crippen LogP contribution in [0.25, 0.3) is 0 Å². The Morgan fingerprint density at radius 3 is 2.20 bits per heavy atom. The Bertz CT molecular complexity index is 213. The van der Waals surface area contributed by atoms with Crippen molar-refractivity contribution in [2.24, 2.45) is 11.8 Å². The van der Waals surface area contributed by atoms with E-state index in [9.17, 15) is 4.79 Å². The largest absolute Gasteiger partial charge is 0.342 e. The van der Waals surface area contributed by atoms with Crippen LogP contribution in [-0.2, 0) is 4.79 Å². The van der Waals surface area contributed by atoms with Crippen LogP contribution in [0.1, 0.15) is 44.9 Å². The number of carbonyl (C=O) groups is 1. The number of hydrogen-bond acceptors (Lipinski definition) is 1. The quantitative estimate of drug-likeness (QED) is 0.648. The molecule has 1 heterocycles. The Labute approximate surface area is 93.0 Å². The molecule has 15 heavy (non-hydrogen) atoms. The molecule has 0 aromatic rings. The Morgan fingerprint density at radius 2 is 1.60 bits per heavy atom. The Morgan fingerprint density at radius 1 is 1.00 bits per heavy atom. The number of nitrogens with zero attached hydrogens (tertiary/aromatic N) is 1. The average Bonchev–Trinajstić information content (AvgIpc) is 2.30. The van der Waals surface area contributed by atoms with Gasteiger partial charge in [-0.1, -0.05) is 26.2 Å². The monoisotopic (exact) mass is 208 g/mol. The van der Waals surface area contributed by atoms with Gasteiger partial charge in [0.05, 0.1) is 0 Å². The second-order valence-electron chi connectivity index (χ2n) is 5.10. The molecule has 1 aliphatic carbocycles. The van der Waals surface area contributed by atoms with Gasteiger partial charge in [-0.3, -0.25) is 4.79 Å². The minimum atomic E-state index is 0.347. The number of rotatable bonds is 1. The van der Waals surface area contributed by atoms with Gasteiger partial charge in [0.15, 0.2) is 0 Å². The van der Waals surface area contributed by atoms with Crippen molar-refractivity contribution in [2.45, 2.75) is 44.9 Å². The van der Waals surface area contributed by atoms with Crippen molar-refractivity contribution in [3.8, 4) is 0 Å². The molecular formula is C13H22NO. The van der Waals surface area contributed by atoms with Crippen molar-refractivity contribution in [3.05, 3.63) is 6.92 Å². The van der Waals surface area contributed by atoms with E-state index in [-0.39, 0.29) is 0 Å². The fraction of sp³-hybridized carbons (Fsp3) is 0.846. The molecule has 2 aliphatic rings. The molecule has 1 radical (unpaired) electrons. The van der Waals surface area contributed by atoms with Crippen LogP contribution in [0, 0.1) is 18.8 Å². The minimum absolute atomic E-state index is 0.347. The summed E-state index contributed by atoms with van der Waals surface area (Å²) in [5, 5.41) is 0. The summed E-state index contributed by atoms with van der Waals surface area (Å²) in [5.74, 6) is 1.35. The summed E-state index contributed by atoms with van der Waals surface area (Å²) in [5.41, 5.74) is 0. The molecule has 2 nitrogen and oxygen atoms in total. The van der Waals surface area contributed by atoms with Gasteiger partial charge in [-0.05, 0) is 31.6 Å². The first-order valence-electron chi connectivity index (χ1n) is 6.39. The highest BCUT2D eigenvalue weighted by Gasteiger charge is 2.27. The van der Waals surface area contributed by atoms with E-state index < -0.39 is 0 Å². The highest BCUT2D eigenvalue weighted by molar-refractivity contribution is 5.79. The van der Waals surface area contributed by atoms with Gasteiger partial charge >= 0.3 is 0 Å². The van der Waals surface area contributed by atoms with Crippen molar-refractivity contribution < 1.29 is 4.79 Å². The summed E-state index contributed by atoms with van der Waals surface area (Å²) < 4.78 is 0. The lowest BCUT2D eigenvalue weighted by Gasteiger charge is -2.34. The van der Waals surface area contributed by atoms with Crippen LogP contribution in [0.4, 0.5) is 0 Å². The van der Waals surface area contributed by atoms with Crippen molar-refractivity contribution in [2.75, 3.05) is 13.1 Å². The van der Waals surface area contributed by atoms with Gasteiger partial charge in [0, 0.05) is 19.0 Å². The minimum Gasteiger partial charge on any atom is -0.342 e. The summed E-state index contributed by atoms with van der Waals surface area (Å²) in [6, 6.07) is 0. The van der Waals surface area contributed by atoms with Gasteiger partial charge in [-0.25, -0.2) is 0 Å². The standard InChI is InChI=1S/C13H22NO/c1-11-7-9-14(10-8-11)13(15)12-5-3-2-4-6-12/h11-12H,1-10H2. The number of carbonyl (C=O) groups excluding carboxylic acids is 1. The Balaban J connectivity index is 1.84. The number of amides is 1. The highest BCUT2D eigenvalue weighted by atomic mass is 16.2. The fourth-order valence-electron chi connectivity index (χ4n) is 2.76. The maximum absolute atomic E-state index is 12.2. The normalized spacial score (nSPS) is 25.5. The molecule has 85 valence electrons. The van der Waals surface area contributed by atoms with Crippen LogP contribution in [0.5, 0.6) is 0 Å². The van der Waals surface area contributed by atoms with Crippen LogP contribution in [0.3, 0.4) is 0 Å². The summed E-state index contributed by atoms with van der Waals surface area (Å²) in [6.07, 6.45) is 8.28. The molecule has 0 N–H and O–H groups in total. The van der Waals surface area contributed by atoms with Gasteiger partial charge in [0.2, 0.25) is 5.91 Å². The SMILES string of the molecule is [CH2]C1CCN(C(=O)C2CCCCC2)CC1. The van der Waals surface area contributed by atoms with Crippen LogP contribution < -0.4 is 0 Å². The van der Waals surface area contributed by atoms with Crippen LogP contribution in [0.2, 0.25) is 0 Å². The molecule has 0 spiro atoms. The summed E-state index contributed by atoms with van der Waals surface area (Å²) in [6.45, 7) is 5.96. The fourth-order valence-corrected chi connectivity index (χ4v) is 2.76. The van der Waals surface area contributed by atoms with E-state index in [1.807, 2.05) is 0 Å². The van der Waals surface area contributed by atoms with Crippen molar-refractivity contribution in [1.82, 2.24) is 4.90 Å². The van der Waals surface area contributed by atoms with E-state index in [0.29, 0.717) is 17.7 Å². The zero-order valence-corrected chi connectivity index (χ0v) is 9.58. The molecule has 0 bridgehead atoms. The summed E-state index contributed by atoms with van der Waals surface area (Å²) in [4.78, 5) is 14.2. The van der Waals surface area contributed by atoms with Gasteiger partial charge in [-0.15, -0.1) is 0 Å². The van der Waals surface area contributed by atoms with Crippen LogP contribution in [-0.4, -0.2) is 23.9 Å². The molecule has 0 unspecified atom stereocenters. The predicted molar refractivity (Wildman–Crippen MR) is 61.2 cm³/mol. The first-order valence-corrected chi connectivity index (χ1v) is 6.39. The van der Waals surface area contributed by atoms with E-state index in [4.69, 9.17) is 0 Å². The molecule has 0 aromatic carbocycles. The first-order chi connectivity index (χ1) is 7.27. The summed E-state index contributed by atoms with van der Waals surface area (Å²) >= 11 is 0. The number of likely N-dealkylation sites (tertiary alicyclic amines) is 1. The van der Waals surface area contributed by atoms with Crippen LogP contribution >= 0.6 is 0 Å². The molecule has 2 rings (SSSR count). The van der Waals surface area contributed by atoms with E-state index in [1.54, 1.807) is 0 Å². The lowest BCUT2D eigenvalue weighted by atomic mass is 9.87. The smallest absolute Gasteiger partial charge is 0.225 e. The Hall–Kier alpha value is -0.530. The zero-order valence-electron chi connectivity index (χ0n) is 9.58. The first kappa shape index (κ1) is 11.0. The van der Waals surface area contributed by atoms with Crippen molar-refractivity contribution in [3.63, 3.8) is 0 Å². The zero-order chi connectivity index (χ0) is 10.7. The van der Waals surface area contributed by atoms with E-state index >= 15 is 0 Å². The van der Waals surface area contributed by atoms with Gasteiger partial charge in [-0.2, -0.15) is 0 Å². The second-order valence-corrected chi connectivity index (χ2v) is 5.10. The molecule has 2 heteroatoms. The molecule has 0 aromatic heterocycles. The molecule has 1 saturated heterocycles. The lowest BCUT2D eigenvalue weighted by Crippen LogP contribution is -2.41. The Kier molecular flexibility index (Phi) is 3.66. The molecule has 1 aliphatic heterocycles. The maximum atomic E-state index is 12.2. The number of piperidine rings is 1. The molecule has 2 fully saturated rings. The predicted octanol–water partition coefficient (Wildman–Crippen LogP) is 2.64. The van der Waals surface area contributed by atoms with E-state index in [1.165, 1.54) is 19.3 Å². The molecular weight excluding hydrogens is 186 g/mol. The van der Waals surface area contributed by atoms with Crippen molar-refractivity contribution in [1.29, 1.82) is 0 Å². The average molecular weight is 208 g/mol. The van der Waals surface area contributed by atoms with Crippen molar-refractivity contribution >= 4 is 5.91 Å².